The number of ether oxygens (including phenoxy) is 1. The van der Waals surface area contributed by atoms with Crippen LogP contribution < -0.4 is 0 Å². The summed E-state index contributed by atoms with van der Waals surface area (Å²) in [6, 6.07) is 2.01. The smallest absolute Gasteiger partial charge is 0.361 e. The van der Waals surface area contributed by atoms with Crippen LogP contribution in [0.15, 0.2) is 6.07 Å². The maximum atomic E-state index is 12.1. The first-order chi connectivity index (χ1) is 8.78. The molecule has 2 aromatic heterocycles. The number of hydrogen-bond acceptors (Lipinski definition) is 5. The van der Waals surface area contributed by atoms with Gasteiger partial charge in [0.1, 0.15) is 11.3 Å². The van der Waals surface area contributed by atoms with Crippen molar-refractivity contribution in [3.63, 3.8) is 0 Å². The molecule has 0 aliphatic heterocycles. The zero-order chi connectivity index (χ0) is 14.2. The first kappa shape index (κ1) is 13.7. The number of nitrogens with zero attached hydrogens (tertiary/aromatic N) is 2. The summed E-state index contributed by atoms with van der Waals surface area (Å²) in [6.45, 7) is 9.49. The predicted octanol–water partition coefficient (Wildman–Crippen LogP) is 3.11. The Kier molecular flexibility index (Phi) is 3.45. The molecule has 102 valence electrons. The summed E-state index contributed by atoms with van der Waals surface area (Å²) >= 11 is 1.67. The van der Waals surface area contributed by atoms with Gasteiger partial charge in [0.15, 0.2) is 5.69 Å². The van der Waals surface area contributed by atoms with E-state index in [1.165, 1.54) is 4.88 Å². The van der Waals surface area contributed by atoms with Gasteiger partial charge in [-0.05, 0) is 40.7 Å². The molecule has 19 heavy (non-hydrogen) atoms. The van der Waals surface area contributed by atoms with Crippen LogP contribution in [0.3, 0.4) is 0 Å². The van der Waals surface area contributed by atoms with Crippen LogP contribution in [0, 0.1) is 13.8 Å². The van der Waals surface area contributed by atoms with Crippen molar-refractivity contribution < 1.29 is 9.53 Å². The van der Waals surface area contributed by atoms with E-state index in [2.05, 4.69) is 15.4 Å². The highest BCUT2D eigenvalue weighted by atomic mass is 32.1. The molecule has 0 atom stereocenters. The molecule has 0 saturated heterocycles. The van der Waals surface area contributed by atoms with Gasteiger partial charge in [0, 0.05) is 15.3 Å². The minimum absolute atomic E-state index is 0.232. The Bertz CT molecular complexity index is 608. The lowest BCUT2D eigenvalue weighted by Crippen LogP contribution is -2.24. The van der Waals surface area contributed by atoms with Crippen LogP contribution in [0.1, 0.15) is 41.0 Å². The van der Waals surface area contributed by atoms with E-state index in [1.54, 1.807) is 11.3 Å². The number of esters is 1. The number of aromatic amines is 1. The lowest BCUT2D eigenvalue weighted by atomic mass is 10.1. The van der Waals surface area contributed by atoms with Crippen LogP contribution in [-0.2, 0) is 4.74 Å². The van der Waals surface area contributed by atoms with Crippen molar-refractivity contribution in [2.24, 2.45) is 0 Å². The van der Waals surface area contributed by atoms with E-state index in [0.717, 1.165) is 10.4 Å². The maximum Gasteiger partial charge on any atom is 0.361 e. The van der Waals surface area contributed by atoms with E-state index in [4.69, 9.17) is 4.74 Å². The van der Waals surface area contributed by atoms with Crippen LogP contribution in [0.4, 0.5) is 0 Å². The fourth-order valence-corrected chi connectivity index (χ4v) is 2.68. The lowest BCUT2D eigenvalue weighted by molar-refractivity contribution is 0.00637. The van der Waals surface area contributed by atoms with Crippen molar-refractivity contribution in [1.82, 2.24) is 15.4 Å². The van der Waals surface area contributed by atoms with Gasteiger partial charge in [0.25, 0.3) is 0 Å². The Hall–Kier alpha value is -1.69. The standard InChI is InChI=1S/C13H17N3O2S/c1-7-6-9(8(2)19-7)10-11(15-16-14-10)12(17)18-13(3,4)5/h6H,1-5H3,(H,14,15,16). The van der Waals surface area contributed by atoms with E-state index in [9.17, 15) is 4.79 Å². The molecule has 2 heterocycles. The highest BCUT2D eigenvalue weighted by Crippen LogP contribution is 2.31. The third-order valence-electron chi connectivity index (χ3n) is 2.44. The van der Waals surface area contributed by atoms with Crippen LogP contribution in [0.5, 0.6) is 0 Å². The first-order valence-corrected chi connectivity index (χ1v) is 6.81. The summed E-state index contributed by atoms with van der Waals surface area (Å²) in [4.78, 5) is 14.4. The molecule has 5 nitrogen and oxygen atoms in total. The number of hydrogen-bond donors (Lipinski definition) is 1. The Morgan fingerprint density at radius 1 is 1.32 bits per heavy atom. The van der Waals surface area contributed by atoms with Crippen LogP contribution in [0.25, 0.3) is 11.3 Å². The first-order valence-electron chi connectivity index (χ1n) is 5.99. The fourth-order valence-electron chi connectivity index (χ4n) is 1.75. The molecule has 2 aromatic rings. The molecular weight excluding hydrogens is 262 g/mol. The van der Waals surface area contributed by atoms with Crippen LogP contribution in [-0.4, -0.2) is 27.0 Å². The molecule has 0 unspecified atom stereocenters. The monoisotopic (exact) mass is 279 g/mol. The minimum atomic E-state index is -0.549. The molecule has 0 spiro atoms. The van der Waals surface area contributed by atoms with Gasteiger partial charge in [0.2, 0.25) is 0 Å². The maximum absolute atomic E-state index is 12.1. The Labute approximate surface area is 116 Å². The quantitative estimate of drug-likeness (QED) is 0.858. The van der Waals surface area contributed by atoms with E-state index in [0.29, 0.717) is 5.69 Å². The predicted molar refractivity (Wildman–Crippen MR) is 74.3 cm³/mol. The van der Waals surface area contributed by atoms with Gasteiger partial charge in [-0.15, -0.1) is 16.4 Å². The number of H-pyrrole nitrogens is 1. The summed E-state index contributed by atoms with van der Waals surface area (Å²) < 4.78 is 5.33. The molecule has 1 N–H and O–H groups in total. The summed E-state index contributed by atoms with van der Waals surface area (Å²) in [6.07, 6.45) is 0. The van der Waals surface area contributed by atoms with Gasteiger partial charge in [0.05, 0.1) is 0 Å². The van der Waals surface area contributed by atoms with E-state index in [-0.39, 0.29) is 5.69 Å². The Balaban J connectivity index is 2.38. The van der Waals surface area contributed by atoms with Crippen molar-refractivity contribution in [2.75, 3.05) is 0 Å². The summed E-state index contributed by atoms with van der Waals surface area (Å²) in [5, 5.41) is 10.5. The van der Waals surface area contributed by atoms with Crippen LogP contribution >= 0.6 is 11.3 Å². The normalized spacial score (nSPS) is 11.6. The SMILES string of the molecule is Cc1cc(-c2n[nH]nc2C(=O)OC(C)(C)C)c(C)s1. The average molecular weight is 279 g/mol. The van der Waals surface area contributed by atoms with Gasteiger partial charge in [-0.25, -0.2) is 4.79 Å². The van der Waals surface area contributed by atoms with E-state index < -0.39 is 11.6 Å². The molecule has 0 radical (unpaired) electrons. The molecule has 6 heteroatoms. The fraction of sp³-hybridized carbons (Fsp3) is 0.462. The summed E-state index contributed by atoms with van der Waals surface area (Å²) in [5.74, 6) is -0.459. The molecule has 0 aromatic carbocycles. The largest absolute Gasteiger partial charge is 0.455 e. The number of nitrogens with one attached hydrogen (secondary N) is 1. The number of aromatic nitrogens is 3. The molecule has 2 rings (SSSR count). The molecule has 0 amide bonds. The summed E-state index contributed by atoms with van der Waals surface area (Å²) in [5.41, 5.74) is 1.16. The zero-order valence-electron chi connectivity index (χ0n) is 11.7. The van der Waals surface area contributed by atoms with Crippen LogP contribution in [0.2, 0.25) is 0 Å². The molecule has 0 saturated carbocycles. The van der Waals surface area contributed by atoms with Gasteiger partial charge in [-0.1, -0.05) is 0 Å². The van der Waals surface area contributed by atoms with Gasteiger partial charge in [-0.3, -0.25) is 0 Å². The lowest BCUT2D eigenvalue weighted by Gasteiger charge is -2.18. The molecule has 0 aliphatic carbocycles. The third-order valence-corrected chi connectivity index (χ3v) is 3.40. The van der Waals surface area contributed by atoms with Gasteiger partial charge in [-0.2, -0.15) is 10.3 Å². The second kappa shape index (κ2) is 4.77. The Morgan fingerprint density at radius 3 is 2.53 bits per heavy atom. The van der Waals surface area contributed by atoms with E-state index >= 15 is 0 Å². The second-order valence-electron chi connectivity index (χ2n) is 5.35. The molecule has 0 aliphatic rings. The number of carbonyl (C=O) groups is 1. The highest BCUT2D eigenvalue weighted by Gasteiger charge is 2.25. The van der Waals surface area contributed by atoms with Crippen molar-refractivity contribution >= 4 is 17.3 Å². The topological polar surface area (TPSA) is 67.9 Å². The second-order valence-corrected chi connectivity index (χ2v) is 6.81. The van der Waals surface area contributed by atoms with Crippen molar-refractivity contribution in [2.45, 2.75) is 40.2 Å². The van der Waals surface area contributed by atoms with Crippen molar-refractivity contribution in [3.05, 3.63) is 21.5 Å². The van der Waals surface area contributed by atoms with E-state index in [1.807, 2.05) is 40.7 Å². The summed E-state index contributed by atoms with van der Waals surface area (Å²) in [7, 11) is 0. The molecular formula is C13H17N3O2S. The number of rotatable bonds is 2. The van der Waals surface area contributed by atoms with Crippen molar-refractivity contribution in [1.29, 1.82) is 0 Å². The molecule has 0 bridgehead atoms. The molecule has 0 fully saturated rings. The number of thiophene rings is 1. The Morgan fingerprint density at radius 2 is 2.00 bits per heavy atom. The van der Waals surface area contributed by atoms with Crippen molar-refractivity contribution in [3.8, 4) is 11.3 Å². The van der Waals surface area contributed by atoms with Gasteiger partial charge < -0.3 is 4.74 Å². The third kappa shape index (κ3) is 3.01. The minimum Gasteiger partial charge on any atom is -0.455 e. The van der Waals surface area contributed by atoms with Gasteiger partial charge >= 0.3 is 5.97 Å². The zero-order valence-corrected chi connectivity index (χ0v) is 12.5. The number of aryl methyl sites for hydroxylation is 2. The average Bonchev–Trinajstić information content (AvgIpc) is 2.81. The highest BCUT2D eigenvalue weighted by molar-refractivity contribution is 7.12. The number of carbonyl (C=O) groups excluding carboxylic acids is 1.